The van der Waals surface area contributed by atoms with E-state index in [1.165, 1.54) is 0 Å². The first-order chi connectivity index (χ1) is 2.41. The smallest absolute Gasteiger partial charge is 0.107 e. The normalized spacial score (nSPS) is 6.00. The molecule has 0 radical (unpaired) electrons. The second-order valence-corrected chi connectivity index (χ2v) is 2.05. The summed E-state index contributed by atoms with van der Waals surface area (Å²) < 4.78 is 3.68. The molecule has 0 spiro atoms. The number of rotatable bonds is 2. The maximum Gasteiger partial charge on any atom is -0.107 e. The molecule has 0 rings (SSSR count). The Labute approximate surface area is 65.0 Å². The van der Waals surface area contributed by atoms with Crippen LogP contribution in [-0.2, 0) is 19.8 Å². The molecule has 41 valence electrons. The predicted molar refractivity (Wildman–Crippen MR) is 35.8 cm³/mol. The van der Waals surface area contributed by atoms with E-state index in [1.54, 1.807) is 0 Å². The third-order valence-corrected chi connectivity index (χ3v) is 0.841. The van der Waals surface area contributed by atoms with Gasteiger partial charge in [0.05, 0.1) is 0 Å². The van der Waals surface area contributed by atoms with E-state index in [0.29, 0.717) is 19.8 Å². The van der Waals surface area contributed by atoms with E-state index in [2.05, 4.69) is 13.2 Å². The molecule has 0 aromatic carbocycles. The molecule has 0 fully saturated rings. The summed E-state index contributed by atoms with van der Waals surface area (Å²) in [5.41, 5.74) is 0. The fourth-order valence-corrected chi connectivity index (χ4v) is 0.297. The van der Waals surface area contributed by atoms with Crippen molar-refractivity contribution in [2.75, 3.05) is 0 Å². The first-order valence-corrected chi connectivity index (χ1v) is 2.88. The molecule has 0 aliphatic heterocycles. The van der Waals surface area contributed by atoms with Gasteiger partial charge in [0.2, 0.25) is 0 Å². The molecule has 0 atom stereocenters. The molecule has 0 nitrogen and oxygen atoms in total. The fraction of sp³-hybridized carbons (Fsp3) is 0. The van der Waals surface area contributed by atoms with E-state index >= 15 is 0 Å². The van der Waals surface area contributed by atoms with Crippen LogP contribution >= 0.6 is 24.0 Å². The topological polar surface area (TPSA) is 0 Å². The van der Waals surface area contributed by atoms with Crippen LogP contribution < -0.4 is 0 Å². The molecule has 0 N–H and O–H groups in total. The standard InChI is InChI=1S/2C2H3.Ag.HI/c2*1-2;;/h2*1H,2H2;;1H. The van der Waals surface area contributed by atoms with Gasteiger partial charge in [0.25, 0.3) is 0 Å². The molecule has 0 amide bonds. The summed E-state index contributed by atoms with van der Waals surface area (Å²) in [5, 5.41) is 0. The van der Waals surface area contributed by atoms with Gasteiger partial charge in [0.1, 0.15) is 0 Å². The second-order valence-electron chi connectivity index (χ2n) is 0.347. The van der Waals surface area contributed by atoms with Crippen LogP contribution in [0.5, 0.6) is 0 Å². The van der Waals surface area contributed by atoms with Crippen LogP contribution in [0.2, 0.25) is 0 Å². The van der Waals surface area contributed by atoms with Crippen LogP contribution in [0.1, 0.15) is 0 Å². The molecule has 0 aromatic rings. The molecule has 0 bridgehead atoms. The molecule has 0 saturated heterocycles. The van der Waals surface area contributed by atoms with Crippen molar-refractivity contribution in [3.63, 3.8) is 0 Å². The second kappa shape index (κ2) is 9.34. The van der Waals surface area contributed by atoms with Crippen LogP contribution in [0.3, 0.4) is 0 Å². The number of hydrogen-bond donors (Lipinski definition) is 0. The van der Waals surface area contributed by atoms with E-state index < -0.39 is 0 Å². The quantitative estimate of drug-likeness (QED) is 0.539. The van der Waals surface area contributed by atoms with Crippen LogP contribution in [0.25, 0.3) is 0 Å². The third-order valence-electron chi connectivity index (χ3n) is 0.142. The van der Waals surface area contributed by atoms with Crippen molar-refractivity contribution >= 4 is 24.0 Å². The average molecular weight is 290 g/mol. The molecular weight excluding hydrogens is 283 g/mol. The summed E-state index contributed by atoms with van der Waals surface area (Å²) in [6.07, 6.45) is 0. The Morgan fingerprint density at radius 2 is 1.50 bits per heavy atom. The Bertz CT molecular complexity index is 36.8. The van der Waals surface area contributed by atoms with Gasteiger partial charge in [-0.3, -0.25) is 0 Å². The first kappa shape index (κ1) is 10.0. The predicted octanol–water partition coefficient (Wildman–Crippen LogP) is 1.97. The molecule has 0 aromatic heterocycles. The minimum Gasteiger partial charge on any atom is -0.107 e. The largest absolute Gasteiger partial charge is 0.107 e. The van der Waals surface area contributed by atoms with E-state index in [9.17, 15) is 0 Å². The van der Waals surface area contributed by atoms with Crippen molar-refractivity contribution in [3.05, 3.63) is 21.7 Å². The van der Waals surface area contributed by atoms with Gasteiger partial charge in [0.15, 0.2) is 0 Å². The Morgan fingerprint density at radius 3 is 1.50 bits per heavy atom. The molecule has 0 unspecified atom stereocenters. The van der Waals surface area contributed by atoms with Crippen molar-refractivity contribution in [2.24, 2.45) is 0 Å². The zero-order valence-corrected chi connectivity index (χ0v) is 7.09. The summed E-state index contributed by atoms with van der Waals surface area (Å²) in [6, 6.07) is 0. The maximum absolute atomic E-state index is 3.49. The van der Waals surface area contributed by atoms with Crippen molar-refractivity contribution in [3.8, 4) is 0 Å². The van der Waals surface area contributed by atoms with Gasteiger partial charge in [-0.1, -0.05) is 0 Å². The summed E-state index contributed by atoms with van der Waals surface area (Å²) in [5.74, 6) is 0. The van der Waals surface area contributed by atoms with Gasteiger partial charge >= 0.3 is 41.5 Å². The van der Waals surface area contributed by atoms with Gasteiger partial charge in [-0.25, -0.2) is 0 Å². The van der Waals surface area contributed by atoms with Crippen molar-refractivity contribution in [1.29, 1.82) is 0 Å². The van der Waals surface area contributed by atoms with Gasteiger partial charge < -0.3 is 0 Å². The zero-order valence-electron chi connectivity index (χ0n) is 3.28. The fourth-order valence-electron chi connectivity index (χ4n) is 0.0503. The zero-order chi connectivity index (χ0) is 4.12. The van der Waals surface area contributed by atoms with Gasteiger partial charge in [-0.15, -0.1) is 24.0 Å². The SMILES string of the molecule is C=[CH][Ag][CH]=C.I. The summed E-state index contributed by atoms with van der Waals surface area (Å²) >= 11 is 0.710. The molecule has 0 heterocycles. The van der Waals surface area contributed by atoms with E-state index in [-0.39, 0.29) is 24.0 Å². The van der Waals surface area contributed by atoms with Crippen LogP contribution in [0.15, 0.2) is 21.7 Å². The summed E-state index contributed by atoms with van der Waals surface area (Å²) in [7, 11) is 0. The third kappa shape index (κ3) is 8.87. The van der Waals surface area contributed by atoms with Crippen LogP contribution in [0, 0.1) is 0 Å². The maximum atomic E-state index is 3.49. The molecule has 6 heavy (non-hydrogen) atoms. The molecule has 0 aliphatic rings. The van der Waals surface area contributed by atoms with E-state index in [4.69, 9.17) is 0 Å². The Morgan fingerprint density at radius 1 is 1.17 bits per heavy atom. The number of halogens is 1. The monoisotopic (exact) mass is 289 g/mol. The average Bonchev–Trinajstić information content (AvgIpc) is 1.41. The van der Waals surface area contributed by atoms with Gasteiger partial charge in [-0.2, -0.15) is 0 Å². The molecule has 2 heteroatoms. The van der Waals surface area contributed by atoms with E-state index in [0.717, 1.165) is 0 Å². The molecule has 0 saturated carbocycles. The minimum atomic E-state index is 0. The number of hydrogen-bond acceptors (Lipinski definition) is 0. The van der Waals surface area contributed by atoms with Crippen molar-refractivity contribution in [2.45, 2.75) is 0 Å². The Balaban J connectivity index is 0. The molecular formula is C4H7AgI. The van der Waals surface area contributed by atoms with E-state index in [1.807, 2.05) is 8.59 Å². The van der Waals surface area contributed by atoms with Crippen molar-refractivity contribution < 1.29 is 19.8 Å². The van der Waals surface area contributed by atoms with Gasteiger partial charge in [-0.05, 0) is 0 Å². The molecule has 0 aliphatic carbocycles. The summed E-state index contributed by atoms with van der Waals surface area (Å²) in [6.45, 7) is 6.98. The summed E-state index contributed by atoms with van der Waals surface area (Å²) in [4.78, 5) is 0. The first-order valence-electron chi connectivity index (χ1n) is 1.16. The van der Waals surface area contributed by atoms with Crippen molar-refractivity contribution in [1.82, 2.24) is 0 Å². The minimum absolute atomic E-state index is 0. The van der Waals surface area contributed by atoms with Crippen LogP contribution in [-0.4, -0.2) is 0 Å². The Hall–Kier alpha value is 0.950. The van der Waals surface area contributed by atoms with Crippen LogP contribution in [0.4, 0.5) is 0 Å². The van der Waals surface area contributed by atoms with Gasteiger partial charge in [0, 0.05) is 0 Å². The Kier molecular flexibility index (Phi) is 15.6.